The van der Waals surface area contributed by atoms with Gasteiger partial charge in [-0.05, 0) is 37.6 Å². The first kappa shape index (κ1) is 16.9. The van der Waals surface area contributed by atoms with Crippen LogP contribution in [0.3, 0.4) is 0 Å². The average molecular weight is 374 g/mol. The minimum Gasteiger partial charge on any atom is -0.490 e. The van der Waals surface area contributed by atoms with Gasteiger partial charge in [-0.2, -0.15) is 5.10 Å². The van der Waals surface area contributed by atoms with Crippen molar-refractivity contribution in [3.8, 4) is 11.5 Å². The molecule has 5 heteroatoms. The summed E-state index contributed by atoms with van der Waals surface area (Å²) in [5, 5.41) is 6.97. The molecule has 2 aliphatic heterocycles. The highest BCUT2D eigenvalue weighted by Gasteiger charge is 2.43. The van der Waals surface area contributed by atoms with Crippen LogP contribution in [0.4, 0.5) is 0 Å². The van der Waals surface area contributed by atoms with Crippen molar-refractivity contribution < 1.29 is 13.9 Å². The molecule has 2 atom stereocenters. The van der Waals surface area contributed by atoms with Crippen LogP contribution in [0.25, 0.3) is 0 Å². The number of fused-ring (bicyclic) bond motifs is 3. The zero-order chi connectivity index (χ0) is 19.1. The van der Waals surface area contributed by atoms with E-state index in [9.17, 15) is 0 Å². The van der Waals surface area contributed by atoms with Gasteiger partial charge in [-0.3, -0.25) is 0 Å². The molecule has 0 saturated carbocycles. The summed E-state index contributed by atoms with van der Waals surface area (Å²) in [6.07, 6.45) is 2.06. The second-order valence-electron chi connectivity index (χ2n) is 7.11. The Morgan fingerprint density at radius 2 is 1.96 bits per heavy atom. The summed E-state index contributed by atoms with van der Waals surface area (Å²) in [6.45, 7) is 4.66. The molecule has 0 bridgehead atoms. The van der Waals surface area contributed by atoms with E-state index >= 15 is 0 Å². The van der Waals surface area contributed by atoms with Crippen LogP contribution in [-0.2, 0) is 0 Å². The molecule has 0 aliphatic carbocycles. The summed E-state index contributed by atoms with van der Waals surface area (Å²) in [4.78, 5) is 0. The van der Waals surface area contributed by atoms with Gasteiger partial charge in [0.1, 0.15) is 0 Å². The number of benzene rings is 2. The van der Waals surface area contributed by atoms with Gasteiger partial charge in [0, 0.05) is 12.0 Å². The molecule has 3 aromatic rings. The SMILES string of the molecule is CCOc1cccc2c1O[C@@H](c1ccco1)N1N=C(c3ccc(C)cc3)C[C@@H]21. The van der Waals surface area contributed by atoms with Gasteiger partial charge in [-0.15, -0.1) is 0 Å². The fourth-order valence-corrected chi connectivity index (χ4v) is 3.89. The van der Waals surface area contributed by atoms with Gasteiger partial charge in [0.25, 0.3) is 0 Å². The number of furan rings is 1. The molecule has 0 amide bonds. The molecular formula is C23H22N2O3. The molecule has 0 saturated heterocycles. The first-order chi connectivity index (χ1) is 13.7. The van der Waals surface area contributed by atoms with E-state index in [0.29, 0.717) is 6.61 Å². The topological polar surface area (TPSA) is 47.2 Å². The molecule has 2 aromatic carbocycles. The summed E-state index contributed by atoms with van der Waals surface area (Å²) in [5.41, 5.74) is 4.53. The van der Waals surface area contributed by atoms with Crippen LogP contribution >= 0.6 is 0 Å². The standard InChI is InChI=1S/C23H22N2O3/c1-3-26-20-7-4-6-17-19-14-18(16-11-9-15(2)10-12-16)24-25(19)23(28-22(17)20)21-8-5-13-27-21/h4-13,19,23H,3,14H2,1-2H3/t19-,23-/m0/s1. The van der Waals surface area contributed by atoms with Crippen LogP contribution in [0.1, 0.15) is 48.1 Å². The van der Waals surface area contributed by atoms with Crippen molar-refractivity contribution in [1.29, 1.82) is 0 Å². The van der Waals surface area contributed by atoms with Gasteiger partial charge < -0.3 is 13.9 Å². The van der Waals surface area contributed by atoms with Crippen LogP contribution in [0.15, 0.2) is 70.4 Å². The Bertz CT molecular complexity index is 1010. The zero-order valence-electron chi connectivity index (χ0n) is 16.0. The van der Waals surface area contributed by atoms with E-state index in [1.54, 1.807) is 6.26 Å². The second kappa shape index (κ2) is 6.75. The van der Waals surface area contributed by atoms with Crippen LogP contribution in [0.2, 0.25) is 0 Å². The predicted octanol–water partition coefficient (Wildman–Crippen LogP) is 5.23. The fourth-order valence-electron chi connectivity index (χ4n) is 3.89. The quantitative estimate of drug-likeness (QED) is 0.627. The molecule has 0 radical (unpaired) electrons. The van der Waals surface area contributed by atoms with E-state index < -0.39 is 6.23 Å². The third kappa shape index (κ3) is 2.74. The highest BCUT2D eigenvalue weighted by molar-refractivity contribution is 6.02. The summed E-state index contributed by atoms with van der Waals surface area (Å²) in [5.74, 6) is 2.28. The number of rotatable bonds is 4. The highest BCUT2D eigenvalue weighted by Crippen LogP contribution is 2.50. The summed E-state index contributed by atoms with van der Waals surface area (Å²) < 4.78 is 17.9. The normalized spacial score (nSPS) is 20.2. The minimum atomic E-state index is -0.419. The number of para-hydroxylation sites is 1. The van der Waals surface area contributed by atoms with Crippen molar-refractivity contribution in [3.05, 3.63) is 83.3 Å². The van der Waals surface area contributed by atoms with Crippen LogP contribution < -0.4 is 9.47 Å². The minimum absolute atomic E-state index is 0.0792. The predicted molar refractivity (Wildman–Crippen MR) is 107 cm³/mol. The third-order valence-electron chi connectivity index (χ3n) is 5.25. The van der Waals surface area contributed by atoms with Gasteiger partial charge in [0.15, 0.2) is 17.3 Å². The lowest BCUT2D eigenvalue weighted by Gasteiger charge is -2.37. The fraction of sp³-hybridized carbons (Fsp3) is 0.261. The monoisotopic (exact) mass is 374 g/mol. The van der Waals surface area contributed by atoms with E-state index in [0.717, 1.165) is 40.5 Å². The van der Waals surface area contributed by atoms with Crippen molar-refractivity contribution in [3.63, 3.8) is 0 Å². The maximum Gasteiger partial charge on any atom is 0.246 e. The molecule has 0 N–H and O–H groups in total. The Labute approximate surface area is 164 Å². The molecule has 3 heterocycles. The van der Waals surface area contributed by atoms with Crippen molar-refractivity contribution in [2.75, 3.05) is 6.61 Å². The number of aryl methyl sites for hydroxylation is 1. The Morgan fingerprint density at radius 1 is 1.11 bits per heavy atom. The molecule has 1 aromatic heterocycles. The van der Waals surface area contributed by atoms with Crippen molar-refractivity contribution in [2.45, 2.75) is 32.5 Å². The number of hydrazone groups is 1. The smallest absolute Gasteiger partial charge is 0.246 e. The van der Waals surface area contributed by atoms with Crippen molar-refractivity contribution >= 4 is 5.71 Å². The second-order valence-corrected chi connectivity index (χ2v) is 7.11. The number of ether oxygens (including phenoxy) is 2. The maximum absolute atomic E-state index is 6.38. The first-order valence-corrected chi connectivity index (χ1v) is 9.63. The van der Waals surface area contributed by atoms with Gasteiger partial charge in [0.2, 0.25) is 6.23 Å². The number of hydrogen-bond donors (Lipinski definition) is 0. The zero-order valence-corrected chi connectivity index (χ0v) is 16.0. The Kier molecular flexibility index (Phi) is 4.08. The average Bonchev–Trinajstić information content (AvgIpc) is 3.39. The Morgan fingerprint density at radius 3 is 2.71 bits per heavy atom. The van der Waals surface area contributed by atoms with Gasteiger partial charge >= 0.3 is 0 Å². The van der Waals surface area contributed by atoms with Crippen LogP contribution in [0.5, 0.6) is 11.5 Å². The largest absolute Gasteiger partial charge is 0.490 e. The lowest BCUT2D eigenvalue weighted by Crippen LogP contribution is -2.33. The molecular weight excluding hydrogens is 352 g/mol. The molecule has 2 aliphatic rings. The summed E-state index contributed by atoms with van der Waals surface area (Å²) >= 11 is 0. The molecule has 0 unspecified atom stereocenters. The van der Waals surface area contributed by atoms with E-state index in [2.05, 4.69) is 37.3 Å². The van der Waals surface area contributed by atoms with Gasteiger partial charge in [0.05, 0.1) is 24.6 Å². The molecule has 5 nitrogen and oxygen atoms in total. The van der Waals surface area contributed by atoms with Crippen molar-refractivity contribution in [2.24, 2.45) is 5.10 Å². The van der Waals surface area contributed by atoms with E-state index in [1.807, 2.05) is 36.2 Å². The molecule has 5 rings (SSSR count). The van der Waals surface area contributed by atoms with E-state index in [1.165, 1.54) is 5.56 Å². The molecule has 142 valence electrons. The summed E-state index contributed by atoms with van der Waals surface area (Å²) in [7, 11) is 0. The summed E-state index contributed by atoms with van der Waals surface area (Å²) in [6, 6.07) is 18.5. The van der Waals surface area contributed by atoms with Gasteiger partial charge in [-0.1, -0.05) is 42.0 Å². The van der Waals surface area contributed by atoms with E-state index in [-0.39, 0.29) is 6.04 Å². The van der Waals surface area contributed by atoms with Crippen LogP contribution in [0, 0.1) is 6.92 Å². The Balaban J connectivity index is 1.59. The lowest BCUT2D eigenvalue weighted by molar-refractivity contribution is -0.0344. The van der Waals surface area contributed by atoms with Crippen molar-refractivity contribution in [1.82, 2.24) is 5.01 Å². The molecule has 0 fully saturated rings. The van der Waals surface area contributed by atoms with Crippen LogP contribution in [-0.4, -0.2) is 17.3 Å². The number of nitrogens with zero attached hydrogens (tertiary/aromatic N) is 2. The highest BCUT2D eigenvalue weighted by atomic mass is 16.5. The lowest BCUT2D eigenvalue weighted by atomic mass is 9.96. The third-order valence-corrected chi connectivity index (χ3v) is 5.25. The first-order valence-electron chi connectivity index (χ1n) is 9.63. The van der Waals surface area contributed by atoms with E-state index in [4.69, 9.17) is 19.0 Å². The number of hydrogen-bond acceptors (Lipinski definition) is 5. The van der Waals surface area contributed by atoms with Gasteiger partial charge in [-0.25, -0.2) is 5.01 Å². The molecule has 0 spiro atoms. The molecule has 28 heavy (non-hydrogen) atoms. The Hall–Kier alpha value is -3.21. The maximum atomic E-state index is 6.38.